The quantitative estimate of drug-likeness (QED) is 0.455. The molecule has 0 heterocycles. The summed E-state index contributed by atoms with van der Waals surface area (Å²) in [6.45, 7) is 7.40. The van der Waals surface area contributed by atoms with E-state index in [0.29, 0.717) is 6.61 Å². The Labute approximate surface area is 130 Å². The molecule has 0 aliphatic heterocycles. The van der Waals surface area contributed by atoms with Crippen molar-refractivity contribution in [1.29, 1.82) is 0 Å². The maximum atomic E-state index is 11.5. The van der Waals surface area contributed by atoms with Crippen molar-refractivity contribution in [2.24, 2.45) is 0 Å². The molecule has 1 amide bonds. The van der Waals surface area contributed by atoms with Gasteiger partial charge in [0.15, 0.2) is 6.61 Å². The second-order valence-corrected chi connectivity index (χ2v) is 4.83. The third-order valence-electron chi connectivity index (χ3n) is 2.46. The van der Waals surface area contributed by atoms with E-state index in [4.69, 9.17) is 9.47 Å². The molecule has 0 atom stereocenters. The zero-order valence-electron chi connectivity index (χ0n) is 12.9. The molecule has 0 bridgehead atoms. The predicted molar refractivity (Wildman–Crippen MR) is 85.4 cm³/mol. The number of rotatable bonds is 8. The van der Waals surface area contributed by atoms with Crippen molar-refractivity contribution in [3.8, 4) is 5.75 Å². The van der Waals surface area contributed by atoms with Crippen LogP contribution in [0.5, 0.6) is 5.75 Å². The lowest BCUT2D eigenvalue weighted by atomic mass is 10.2. The summed E-state index contributed by atoms with van der Waals surface area (Å²) in [4.78, 5) is 22.8. The van der Waals surface area contributed by atoms with Gasteiger partial charge in [-0.1, -0.05) is 24.8 Å². The van der Waals surface area contributed by atoms with Crippen LogP contribution >= 0.6 is 0 Å². The highest BCUT2D eigenvalue weighted by atomic mass is 16.5. The van der Waals surface area contributed by atoms with Gasteiger partial charge < -0.3 is 14.8 Å². The van der Waals surface area contributed by atoms with Gasteiger partial charge in [-0.05, 0) is 37.6 Å². The van der Waals surface area contributed by atoms with Crippen molar-refractivity contribution < 1.29 is 19.1 Å². The molecule has 0 aliphatic carbocycles. The largest absolute Gasteiger partial charge is 0.490 e. The lowest BCUT2D eigenvalue weighted by molar-refractivity contribution is -0.143. The van der Waals surface area contributed by atoms with Crippen LogP contribution in [0.25, 0.3) is 6.08 Å². The fourth-order valence-electron chi connectivity index (χ4n) is 1.54. The summed E-state index contributed by atoms with van der Waals surface area (Å²) in [7, 11) is 0. The Morgan fingerprint density at radius 1 is 1.27 bits per heavy atom. The summed E-state index contributed by atoms with van der Waals surface area (Å²) in [6, 6.07) is 7.24. The van der Waals surface area contributed by atoms with Crippen LogP contribution in [-0.2, 0) is 14.3 Å². The number of hydrogen-bond acceptors (Lipinski definition) is 4. The van der Waals surface area contributed by atoms with Crippen molar-refractivity contribution in [2.75, 3.05) is 13.2 Å². The first-order valence-corrected chi connectivity index (χ1v) is 6.99. The minimum atomic E-state index is -0.564. The van der Waals surface area contributed by atoms with Gasteiger partial charge in [-0.3, -0.25) is 4.79 Å². The summed E-state index contributed by atoms with van der Waals surface area (Å²) in [5.74, 6) is -0.156. The highest BCUT2D eigenvalue weighted by Gasteiger charge is 2.05. The number of nitrogens with one attached hydrogen (secondary N) is 1. The Balaban J connectivity index is 2.41. The van der Waals surface area contributed by atoms with Crippen LogP contribution in [0.1, 0.15) is 19.4 Å². The van der Waals surface area contributed by atoms with Gasteiger partial charge in [0, 0.05) is 12.1 Å². The first kappa shape index (κ1) is 17.5. The van der Waals surface area contributed by atoms with E-state index in [1.807, 2.05) is 26.0 Å². The molecule has 0 unspecified atom stereocenters. The smallest absolute Gasteiger partial charge is 0.331 e. The van der Waals surface area contributed by atoms with Gasteiger partial charge in [-0.2, -0.15) is 0 Å². The molecule has 0 radical (unpaired) electrons. The van der Waals surface area contributed by atoms with Crippen molar-refractivity contribution >= 4 is 18.0 Å². The average Bonchev–Trinajstić information content (AvgIpc) is 2.49. The van der Waals surface area contributed by atoms with E-state index in [1.54, 1.807) is 24.3 Å². The second kappa shape index (κ2) is 9.39. The summed E-state index contributed by atoms with van der Waals surface area (Å²) in [5.41, 5.74) is 0.828. The molecule has 0 saturated carbocycles. The number of carbonyl (C=O) groups is 2. The highest BCUT2D eigenvalue weighted by molar-refractivity contribution is 5.89. The van der Waals surface area contributed by atoms with E-state index >= 15 is 0 Å². The van der Waals surface area contributed by atoms with E-state index < -0.39 is 5.97 Å². The number of amides is 1. The fraction of sp³-hybridized carbons (Fsp3) is 0.294. The van der Waals surface area contributed by atoms with Gasteiger partial charge in [0.25, 0.3) is 5.91 Å². The minimum Gasteiger partial charge on any atom is -0.490 e. The molecule has 22 heavy (non-hydrogen) atoms. The number of hydrogen-bond donors (Lipinski definition) is 1. The maximum absolute atomic E-state index is 11.5. The van der Waals surface area contributed by atoms with Crippen molar-refractivity contribution in [3.05, 3.63) is 48.6 Å². The lowest BCUT2D eigenvalue weighted by Gasteiger charge is -2.07. The van der Waals surface area contributed by atoms with Crippen molar-refractivity contribution in [2.45, 2.75) is 19.9 Å². The molecule has 1 rings (SSSR count). The lowest BCUT2D eigenvalue weighted by Crippen LogP contribution is -2.33. The van der Waals surface area contributed by atoms with Gasteiger partial charge in [0.1, 0.15) is 12.4 Å². The first-order chi connectivity index (χ1) is 10.5. The third-order valence-corrected chi connectivity index (χ3v) is 2.46. The second-order valence-electron chi connectivity index (χ2n) is 4.83. The average molecular weight is 303 g/mol. The molecule has 5 heteroatoms. The SMILES string of the molecule is C=CCOc1ccc(/C=C/C(=O)OCC(=O)NC(C)C)cc1. The third kappa shape index (κ3) is 7.28. The minimum absolute atomic E-state index is 0.0172. The number of ether oxygens (including phenoxy) is 2. The maximum Gasteiger partial charge on any atom is 0.331 e. The van der Waals surface area contributed by atoms with Crippen LogP contribution < -0.4 is 10.1 Å². The molecule has 1 N–H and O–H groups in total. The Hall–Kier alpha value is -2.56. The molecular weight excluding hydrogens is 282 g/mol. The standard InChI is InChI=1S/C17H21NO4/c1-4-11-21-15-8-5-14(6-9-15)7-10-17(20)22-12-16(19)18-13(2)3/h4-10,13H,1,11-12H2,2-3H3,(H,18,19)/b10-7+. The first-order valence-electron chi connectivity index (χ1n) is 6.99. The van der Waals surface area contributed by atoms with E-state index in [9.17, 15) is 9.59 Å². The van der Waals surface area contributed by atoms with Gasteiger partial charge in [0.05, 0.1) is 0 Å². The van der Waals surface area contributed by atoms with E-state index in [2.05, 4.69) is 11.9 Å². The monoisotopic (exact) mass is 303 g/mol. The molecule has 0 aromatic heterocycles. The number of esters is 1. The van der Waals surface area contributed by atoms with Gasteiger partial charge in [-0.25, -0.2) is 4.79 Å². The van der Waals surface area contributed by atoms with Crippen LogP contribution in [0, 0.1) is 0 Å². The fourth-order valence-corrected chi connectivity index (χ4v) is 1.54. The van der Waals surface area contributed by atoms with Gasteiger partial charge in [0.2, 0.25) is 0 Å². The molecule has 0 saturated heterocycles. The van der Waals surface area contributed by atoms with Crippen LogP contribution in [0.3, 0.4) is 0 Å². The molecule has 1 aromatic carbocycles. The number of carbonyl (C=O) groups excluding carboxylic acids is 2. The van der Waals surface area contributed by atoms with Crippen LogP contribution in [0.4, 0.5) is 0 Å². The summed E-state index contributed by atoms with van der Waals surface area (Å²) in [6.07, 6.45) is 4.56. The molecule has 0 aliphatic rings. The summed E-state index contributed by atoms with van der Waals surface area (Å²) >= 11 is 0. The van der Waals surface area contributed by atoms with Crippen LogP contribution in [0.2, 0.25) is 0 Å². The van der Waals surface area contributed by atoms with Gasteiger partial charge in [-0.15, -0.1) is 0 Å². The molecule has 118 valence electrons. The Bertz CT molecular complexity index is 532. The zero-order valence-corrected chi connectivity index (χ0v) is 12.9. The zero-order chi connectivity index (χ0) is 16.4. The van der Waals surface area contributed by atoms with E-state index in [1.165, 1.54) is 6.08 Å². The van der Waals surface area contributed by atoms with Crippen molar-refractivity contribution in [1.82, 2.24) is 5.32 Å². The van der Waals surface area contributed by atoms with Gasteiger partial charge >= 0.3 is 5.97 Å². The molecule has 0 spiro atoms. The van der Waals surface area contributed by atoms with Crippen LogP contribution in [-0.4, -0.2) is 31.1 Å². The Kier molecular flexibility index (Phi) is 7.47. The highest BCUT2D eigenvalue weighted by Crippen LogP contribution is 2.13. The summed E-state index contributed by atoms with van der Waals surface area (Å²) < 4.78 is 10.2. The molecule has 0 fully saturated rings. The molecular formula is C17H21NO4. The topological polar surface area (TPSA) is 64.6 Å². The normalized spacial score (nSPS) is 10.5. The Morgan fingerprint density at radius 2 is 1.95 bits per heavy atom. The number of benzene rings is 1. The Morgan fingerprint density at radius 3 is 2.55 bits per heavy atom. The van der Waals surface area contributed by atoms with Crippen molar-refractivity contribution in [3.63, 3.8) is 0 Å². The summed E-state index contributed by atoms with van der Waals surface area (Å²) in [5, 5.41) is 2.63. The van der Waals surface area contributed by atoms with E-state index in [0.717, 1.165) is 11.3 Å². The van der Waals surface area contributed by atoms with Crippen LogP contribution in [0.15, 0.2) is 43.0 Å². The van der Waals surface area contributed by atoms with E-state index in [-0.39, 0.29) is 18.6 Å². The molecule has 1 aromatic rings. The molecule has 5 nitrogen and oxygen atoms in total. The predicted octanol–water partition coefficient (Wildman–Crippen LogP) is 2.33.